The van der Waals surface area contributed by atoms with E-state index in [4.69, 9.17) is 17.7 Å². The number of hydrogen-bond donors (Lipinski definition) is 0. The third kappa shape index (κ3) is 8.78. The highest BCUT2D eigenvalue weighted by Crippen LogP contribution is 2.46. The lowest BCUT2D eigenvalue weighted by molar-refractivity contribution is 0.476. The van der Waals surface area contributed by atoms with Crippen molar-refractivity contribution in [3.63, 3.8) is 0 Å². The van der Waals surface area contributed by atoms with Crippen molar-refractivity contribution in [2.24, 2.45) is 0 Å². The van der Waals surface area contributed by atoms with Gasteiger partial charge < -0.3 is 17.7 Å². The van der Waals surface area contributed by atoms with E-state index in [1.54, 1.807) is 0 Å². The van der Waals surface area contributed by atoms with Crippen molar-refractivity contribution in [1.29, 1.82) is 0 Å². The minimum atomic E-state index is -1.86. The Labute approximate surface area is 293 Å². The van der Waals surface area contributed by atoms with Crippen molar-refractivity contribution < 1.29 is 17.7 Å². The summed E-state index contributed by atoms with van der Waals surface area (Å²) in [7, 11) is -3.73. The average Bonchev–Trinajstić information content (AvgIpc) is 3.54. The summed E-state index contributed by atoms with van der Waals surface area (Å²) < 4.78 is 26.7. The number of rotatable bonds is 7. The van der Waals surface area contributed by atoms with Crippen LogP contribution in [0.5, 0.6) is 11.5 Å². The molecule has 6 heteroatoms. The molecule has 2 aromatic carbocycles. The largest absolute Gasteiger partial charge is 0.544 e. The quantitative estimate of drug-likeness (QED) is 0.182. The highest BCUT2D eigenvalue weighted by atomic mass is 28.4. The molecule has 0 aliphatic carbocycles. The van der Waals surface area contributed by atoms with Crippen LogP contribution in [-0.4, -0.2) is 16.6 Å². The van der Waals surface area contributed by atoms with Crippen LogP contribution in [0, 0.1) is 0 Å². The molecule has 0 aliphatic rings. The Balaban J connectivity index is 1.83. The molecule has 4 rings (SSSR count). The van der Waals surface area contributed by atoms with E-state index in [0.717, 1.165) is 34.1 Å². The summed E-state index contributed by atoms with van der Waals surface area (Å²) >= 11 is 0. The van der Waals surface area contributed by atoms with Crippen molar-refractivity contribution >= 4 is 16.6 Å². The van der Waals surface area contributed by atoms with Crippen molar-refractivity contribution in [2.45, 2.75) is 144 Å². The molecular weight excluding hydrogens is 625 g/mol. The fraction of sp³-hybridized carbons (Fsp3) is 0.524. The Hall–Kier alpha value is -2.97. The molecule has 2 heterocycles. The maximum atomic E-state index is 6.80. The molecule has 262 valence electrons. The fourth-order valence-electron chi connectivity index (χ4n) is 5.85. The van der Waals surface area contributed by atoms with Crippen LogP contribution < -0.4 is 8.85 Å². The van der Waals surface area contributed by atoms with Gasteiger partial charge in [0.05, 0.1) is 0 Å². The van der Waals surface area contributed by atoms with E-state index in [9.17, 15) is 0 Å². The van der Waals surface area contributed by atoms with Crippen LogP contribution in [0.25, 0.3) is 34.2 Å². The van der Waals surface area contributed by atoms with E-state index in [-0.39, 0.29) is 21.7 Å². The first-order chi connectivity index (χ1) is 21.5. The third-order valence-corrected chi connectivity index (χ3v) is 9.88. The van der Waals surface area contributed by atoms with E-state index in [1.165, 1.54) is 22.3 Å². The van der Waals surface area contributed by atoms with Gasteiger partial charge in [0.1, 0.15) is 23.0 Å². The van der Waals surface area contributed by atoms with Crippen molar-refractivity contribution in [1.82, 2.24) is 0 Å². The molecule has 48 heavy (non-hydrogen) atoms. The molecule has 0 saturated carbocycles. The number of benzene rings is 2. The van der Waals surface area contributed by atoms with Crippen molar-refractivity contribution in [3.05, 3.63) is 70.8 Å². The number of furan rings is 2. The molecule has 0 amide bonds. The lowest BCUT2D eigenvalue weighted by atomic mass is 9.78. The molecule has 4 aromatic rings. The van der Waals surface area contributed by atoms with Crippen molar-refractivity contribution in [3.8, 4) is 45.7 Å². The van der Waals surface area contributed by atoms with E-state index in [0.29, 0.717) is 11.5 Å². The summed E-state index contributed by atoms with van der Waals surface area (Å²) in [5.41, 5.74) is 6.49. The van der Waals surface area contributed by atoms with Gasteiger partial charge >= 0.3 is 0 Å². The molecule has 0 spiro atoms. The van der Waals surface area contributed by atoms with Gasteiger partial charge in [-0.15, -0.1) is 0 Å². The molecule has 0 unspecified atom stereocenters. The SMILES string of the molecule is CC(C)(C)c1cc(-c2ccc(-c3ccc(-c4cc(C(C)(C)C)c(O[Si](C)(C)C)c(C(C)(C)C)c4)o3)o2)cc(C(C)(C)C)c1O[Si](C)(C)C. The lowest BCUT2D eigenvalue weighted by Crippen LogP contribution is -2.32. The molecule has 2 aromatic heterocycles. The zero-order valence-corrected chi connectivity index (χ0v) is 35.3. The normalized spacial score (nSPS) is 13.6. The second kappa shape index (κ2) is 12.4. The van der Waals surface area contributed by atoms with Gasteiger partial charge in [-0.2, -0.15) is 0 Å². The first-order valence-electron chi connectivity index (χ1n) is 17.5. The second-order valence-electron chi connectivity index (χ2n) is 19.6. The molecule has 0 saturated heterocycles. The molecule has 0 N–H and O–H groups in total. The lowest BCUT2D eigenvalue weighted by Gasteiger charge is -2.34. The minimum absolute atomic E-state index is 0.107. The average molecular weight is 687 g/mol. The van der Waals surface area contributed by atoms with Gasteiger partial charge in [0.25, 0.3) is 0 Å². The molecule has 0 atom stereocenters. The molecule has 0 aliphatic heterocycles. The van der Waals surface area contributed by atoms with Crippen LogP contribution in [0.3, 0.4) is 0 Å². The zero-order valence-electron chi connectivity index (χ0n) is 33.3. The topological polar surface area (TPSA) is 44.7 Å². The molecule has 4 nitrogen and oxygen atoms in total. The summed E-state index contributed by atoms with van der Waals surface area (Å²) in [5, 5.41) is 0. The Morgan fingerprint density at radius 3 is 0.833 bits per heavy atom. The fourth-order valence-corrected chi connectivity index (χ4v) is 7.52. The van der Waals surface area contributed by atoms with E-state index in [2.05, 4.69) is 159 Å². The van der Waals surface area contributed by atoms with Gasteiger partial charge in [0.15, 0.2) is 11.5 Å². The predicted molar refractivity (Wildman–Crippen MR) is 210 cm³/mol. The third-order valence-electron chi connectivity index (χ3n) is 8.25. The van der Waals surface area contributed by atoms with Crippen LogP contribution >= 0.6 is 0 Å². The van der Waals surface area contributed by atoms with Crippen LogP contribution in [0.4, 0.5) is 0 Å². The van der Waals surface area contributed by atoms with Gasteiger partial charge in [-0.1, -0.05) is 83.1 Å². The molecule has 0 radical (unpaired) electrons. The molecule has 0 fully saturated rings. The smallest absolute Gasteiger partial charge is 0.242 e. The van der Waals surface area contributed by atoms with Gasteiger partial charge in [-0.25, -0.2) is 0 Å². The summed E-state index contributed by atoms with van der Waals surface area (Å²) in [6, 6.07) is 17.2. The maximum Gasteiger partial charge on any atom is 0.242 e. The second-order valence-corrected chi connectivity index (χ2v) is 28.4. The van der Waals surface area contributed by atoms with Gasteiger partial charge in [0, 0.05) is 11.1 Å². The van der Waals surface area contributed by atoms with Gasteiger partial charge in [-0.3, -0.25) is 0 Å². The first-order valence-corrected chi connectivity index (χ1v) is 24.3. The molecular formula is C42H62O4Si2. The van der Waals surface area contributed by atoms with E-state index in [1.807, 2.05) is 12.1 Å². The molecule has 0 bridgehead atoms. The highest BCUT2D eigenvalue weighted by Gasteiger charge is 2.33. The van der Waals surface area contributed by atoms with E-state index >= 15 is 0 Å². The minimum Gasteiger partial charge on any atom is -0.544 e. The first kappa shape index (κ1) is 37.8. The Morgan fingerprint density at radius 1 is 0.396 bits per heavy atom. The Bertz CT molecular complexity index is 1560. The summed E-state index contributed by atoms with van der Waals surface area (Å²) in [4.78, 5) is 0. The standard InChI is InChI=1S/C42H62O4Si2/c1-39(2,3)29-23-27(24-30(40(4,5)6)37(29)45-47(13,14)15)33-19-21-35(43-33)36-22-20-34(44-36)28-25-31(41(7,8)9)38(46-48(16,17)18)32(26-28)42(10,11)12/h19-26H,1-18H3. The Kier molecular flexibility index (Phi) is 9.79. The van der Waals surface area contributed by atoms with Crippen LogP contribution in [0.1, 0.15) is 105 Å². The van der Waals surface area contributed by atoms with Crippen LogP contribution in [0.15, 0.2) is 57.4 Å². The Morgan fingerprint density at radius 2 is 0.625 bits per heavy atom. The number of hydrogen-bond acceptors (Lipinski definition) is 4. The predicted octanol–water partition coefficient (Wildman–Crippen LogP) is 13.5. The maximum absolute atomic E-state index is 6.80. The highest BCUT2D eigenvalue weighted by molar-refractivity contribution is 6.70. The monoisotopic (exact) mass is 686 g/mol. The summed E-state index contributed by atoms with van der Waals surface area (Å²) in [6.07, 6.45) is 0. The summed E-state index contributed by atoms with van der Waals surface area (Å²) in [5.74, 6) is 5.11. The van der Waals surface area contributed by atoms with Crippen LogP contribution in [-0.2, 0) is 21.7 Å². The van der Waals surface area contributed by atoms with E-state index < -0.39 is 16.6 Å². The zero-order chi connectivity index (χ0) is 36.4. The van der Waals surface area contributed by atoms with Gasteiger partial charge in [0.2, 0.25) is 16.6 Å². The summed E-state index contributed by atoms with van der Waals surface area (Å²) in [6.45, 7) is 40.6. The van der Waals surface area contributed by atoms with Gasteiger partial charge in [-0.05, 0) is 132 Å². The van der Waals surface area contributed by atoms with Crippen molar-refractivity contribution in [2.75, 3.05) is 0 Å². The van der Waals surface area contributed by atoms with Crippen LogP contribution in [0.2, 0.25) is 39.3 Å².